The molecule has 0 fully saturated rings. The van der Waals surface area contributed by atoms with E-state index in [0.29, 0.717) is 6.61 Å². The number of nitrogens with zero attached hydrogens (tertiary/aromatic N) is 1. The third kappa shape index (κ3) is 3.41. The van der Waals surface area contributed by atoms with Gasteiger partial charge in [0.25, 0.3) is 0 Å². The predicted octanol–water partition coefficient (Wildman–Crippen LogP) is 5.04. The summed E-state index contributed by atoms with van der Waals surface area (Å²) in [5.74, 6) is 1.78. The highest BCUT2D eigenvalue weighted by Gasteiger charge is 2.11. The largest absolute Gasteiger partial charge is 0.487 e. The van der Waals surface area contributed by atoms with Crippen LogP contribution in [0.15, 0.2) is 72.8 Å². The highest BCUT2D eigenvalue weighted by molar-refractivity contribution is 5.84. The molecule has 0 saturated carbocycles. The molecule has 1 aromatic heterocycles. The van der Waals surface area contributed by atoms with E-state index in [2.05, 4.69) is 54.4 Å². The van der Waals surface area contributed by atoms with Crippen LogP contribution in [-0.2, 0) is 13.0 Å². The Morgan fingerprint density at radius 2 is 1.52 bits per heavy atom. The molecule has 3 heteroatoms. The number of nitrogens with one attached hydrogen (secondary N) is 1. The molecular formula is C22H20N2O. The first-order valence-electron chi connectivity index (χ1n) is 8.48. The first-order chi connectivity index (χ1) is 12.3. The summed E-state index contributed by atoms with van der Waals surface area (Å²) >= 11 is 0. The molecule has 1 N–H and O–H groups in total. The summed E-state index contributed by atoms with van der Waals surface area (Å²) in [5, 5.41) is 0. The molecule has 0 unspecified atom stereocenters. The van der Waals surface area contributed by atoms with E-state index < -0.39 is 0 Å². The standard InChI is InChI=1S/C22H20N2O/c1-16-12-13-19(25-15-18-10-6-3-7-11-18)22-21(16)23-20(24-22)14-17-8-4-2-5-9-17/h2-13H,14-15H2,1H3,(H,23,24). The van der Waals surface area contributed by atoms with Crippen molar-refractivity contribution >= 4 is 11.0 Å². The summed E-state index contributed by atoms with van der Waals surface area (Å²) in [7, 11) is 0. The van der Waals surface area contributed by atoms with Crippen molar-refractivity contribution in [2.45, 2.75) is 20.0 Å². The van der Waals surface area contributed by atoms with E-state index in [4.69, 9.17) is 9.72 Å². The maximum absolute atomic E-state index is 6.04. The zero-order valence-electron chi connectivity index (χ0n) is 14.2. The van der Waals surface area contributed by atoms with Gasteiger partial charge in [-0.05, 0) is 29.7 Å². The van der Waals surface area contributed by atoms with Gasteiger partial charge in [-0.2, -0.15) is 0 Å². The third-order valence-corrected chi connectivity index (χ3v) is 4.32. The van der Waals surface area contributed by atoms with Gasteiger partial charge in [-0.3, -0.25) is 0 Å². The van der Waals surface area contributed by atoms with Crippen LogP contribution in [0.2, 0.25) is 0 Å². The first kappa shape index (κ1) is 15.5. The Morgan fingerprint density at radius 1 is 0.840 bits per heavy atom. The van der Waals surface area contributed by atoms with Gasteiger partial charge < -0.3 is 9.72 Å². The quantitative estimate of drug-likeness (QED) is 0.557. The Kier molecular flexibility index (Phi) is 4.21. The van der Waals surface area contributed by atoms with E-state index in [-0.39, 0.29) is 0 Å². The fourth-order valence-corrected chi connectivity index (χ4v) is 2.97. The van der Waals surface area contributed by atoms with Crippen LogP contribution in [-0.4, -0.2) is 9.97 Å². The normalized spacial score (nSPS) is 10.9. The maximum atomic E-state index is 6.04. The van der Waals surface area contributed by atoms with Gasteiger partial charge in [0.15, 0.2) is 0 Å². The van der Waals surface area contributed by atoms with E-state index in [1.54, 1.807) is 0 Å². The Hall–Kier alpha value is -3.07. The van der Waals surface area contributed by atoms with Crippen molar-refractivity contribution in [3.05, 3.63) is 95.3 Å². The molecule has 25 heavy (non-hydrogen) atoms. The molecular weight excluding hydrogens is 308 g/mol. The average molecular weight is 328 g/mol. The minimum Gasteiger partial charge on any atom is -0.487 e. The topological polar surface area (TPSA) is 37.9 Å². The Morgan fingerprint density at radius 3 is 2.24 bits per heavy atom. The second-order valence-electron chi connectivity index (χ2n) is 6.22. The molecule has 3 aromatic carbocycles. The molecule has 0 aliphatic carbocycles. The average Bonchev–Trinajstić information content (AvgIpc) is 3.08. The number of hydrogen-bond acceptors (Lipinski definition) is 2. The summed E-state index contributed by atoms with van der Waals surface area (Å²) in [5.41, 5.74) is 5.52. The van der Waals surface area contributed by atoms with Crippen molar-refractivity contribution in [2.24, 2.45) is 0 Å². The number of rotatable bonds is 5. The van der Waals surface area contributed by atoms with Crippen molar-refractivity contribution in [1.82, 2.24) is 9.97 Å². The summed E-state index contributed by atoms with van der Waals surface area (Å²) in [6, 6.07) is 24.6. The smallest absolute Gasteiger partial charge is 0.147 e. The van der Waals surface area contributed by atoms with Gasteiger partial charge in [0.1, 0.15) is 23.7 Å². The van der Waals surface area contributed by atoms with Crippen molar-refractivity contribution in [3.63, 3.8) is 0 Å². The molecule has 1 heterocycles. The Bertz CT molecular complexity index is 975. The number of benzene rings is 3. The fourth-order valence-electron chi connectivity index (χ4n) is 2.97. The van der Waals surface area contributed by atoms with Crippen molar-refractivity contribution in [3.8, 4) is 5.75 Å². The number of aromatic nitrogens is 2. The van der Waals surface area contributed by atoms with E-state index in [9.17, 15) is 0 Å². The van der Waals surface area contributed by atoms with Gasteiger partial charge in [0.2, 0.25) is 0 Å². The van der Waals surface area contributed by atoms with E-state index >= 15 is 0 Å². The van der Waals surface area contributed by atoms with Gasteiger partial charge in [-0.25, -0.2) is 4.98 Å². The minimum absolute atomic E-state index is 0.542. The SMILES string of the molecule is Cc1ccc(OCc2ccccc2)c2nc(Cc3ccccc3)[nH]c12. The third-order valence-electron chi connectivity index (χ3n) is 4.32. The molecule has 0 spiro atoms. The molecule has 0 aliphatic heterocycles. The maximum Gasteiger partial charge on any atom is 0.147 e. The van der Waals surface area contributed by atoms with Crippen LogP contribution in [0, 0.1) is 6.92 Å². The van der Waals surface area contributed by atoms with Crippen LogP contribution >= 0.6 is 0 Å². The van der Waals surface area contributed by atoms with Gasteiger partial charge in [0.05, 0.1) is 5.52 Å². The summed E-state index contributed by atoms with van der Waals surface area (Å²) < 4.78 is 6.04. The zero-order valence-corrected chi connectivity index (χ0v) is 14.2. The van der Waals surface area contributed by atoms with E-state index in [0.717, 1.165) is 34.6 Å². The highest BCUT2D eigenvalue weighted by atomic mass is 16.5. The van der Waals surface area contributed by atoms with E-state index in [1.807, 2.05) is 30.3 Å². The van der Waals surface area contributed by atoms with Gasteiger partial charge in [-0.1, -0.05) is 66.7 Å². The van der Waals surface area contributed by atoms with Crippen molar-refractivity contribution in [1.29, 1.82) is 0 Å². The Balaban J connectivity index is 1.62. The zero-order chi connectivity index (χ0) is 17.1. The summed E-state index contributed by atoms with van der Waals surface area (Å²) in [6.07, 6.45) is 0.785. The molecule has 4 rings (SSSR count). The van der Waals surface area contributed by atoms with Crippen LogP contribution in [0.3, 0.4) is 0 Å². The molecule has 4 aromatic rings. The number of aromatic amines is 1. The second kappa shape index (κ2) is 6.81. The lowest BCUT2D eigenvalue weighted by Gasteiger charge is -2.07. The molecule has 0 aliphatic rings. The lowest BCUT2D eigenvalue weighted by Crippen LogP contribution is -1.96. The number of hydrogen-bond donors (Lipinski definition) is 1. The number of H-pyrrole nitrogens is 1. The number of aryl methyl sites for hydroxylation is 1. The van der Waals surface area contributed by atoms with Gasteiger partial charge in [-0.15, -0.1) is 0 Å². The molecule has 3 nitrogen and oxygen atoms in total. The van der Waals surface area contributed by atoms with Crippen LogP contribution < -0.4 is 4.74 Å². The summed E-state index contributed by atoms with van der Waals surface area (Å²) in [6.45, 7) is 2.63. The highest BCUT2D eigenvalue weighted by Crippen LogP contribution is 2.28. The molecule has 0 atom stereocenters. The predicted molar refractivity (Wildman–Crippen MR) is 101 cm³/mol. The van der Waals surface area contributed by atoms with Crippen LogP contribution in [0.4, 0.5) is 0 Å². The first-order valence-corrected chi connectivity index (χ1v) is 8.48. The monoisotopic (exact) mass is 328 g/mol. The molecule has 0 amide bonds. The van der Waals surface area contributed by atoms with E-state index in [1.165, 1.54) is 11.1 Å². The van der Waals surface area contributed by atoms with Crippen LogP contribution in [0.25, 0.3) is 11.0 Å². The number of imidazole rings is 1. The number of fused-ring (bicyclic) bond motifs is 1. The van der Waals surface area contributed by atoms with Crippen molar-refractivity contribution in [2.75, 3.05) is 0 Å². The second-order valence-corrected chi connectivity index (χ2v) is 6.22. The van der Waals surface area contributed by atoms with Crippen molar-refractivity contribution < 1.29 is 4.74 Å². The molecule has 0 radical (unpaired) electrons. The molecule has 124 valence electrons. The minimum atomic E-state index is 0.542. The Labute approximate surface area is 147 Å². The fraction of sp³-hybridized carbons (Fsp3) is 0.136. The molecule has 0 bridgehead atoms. The van der Waals surface area contributed by atoms with Gasteiger partial charge >= 0.3 is 0 Å². The lowest BCUT2D eigenvalue weighted by atomic mass is 10.1. The summed E-state index contributed by atoms with van der Waals surface area (Å²) in [4.78, 5) is 8.26. The van der Waals surface area contributed by atoms with Gasteiger partial charge in [0, 0.05) is 6.42 Å². The lowest BCUT2D eigenvalue weighted by molar-refractivity contribution is 0.309. The number of ether oxygens (including phenoxy) is 1. The van der Waals surface area contributed by atoms with Crippen LogP contribution in [0.1, 0.15) is 22.5 Å². The molecule has 0 saturated heterocycles. The van der Waals surface area contributed by atoms with Crippen LogP contribution in [0.5, 0.6) is 5.75 Å².